The van der Waals surface area contributed by atoms with E-state index in [1.165, 1.54) is 7.11 Å². The molecule has 0 aromatic heterocycles. The van der Waals surface area contributed by atoms with Crippen molar-refractivity contribution in [3.63, 3.8) is 0 Å². The summed E-state index contributed by atoms with van der Waals surface area (Å²) in [5, 5.41) is 11.6. The van der Waals surface area contributed by atoms with Crippen molar-refractivity contribution in [1.29, 1.82) is 0 Å². The van der Waals surface area contributed by atoms with Crippen LogP contribution < -0.4 is 4.46 Å². The topological polar surface area (TPSA) is 63.6 Å². The Labute approximate surface area is 140 Å². The third-order valence-corrected chi connectivity index (χ3v) is 6.54. The summed E-state index contributed by atoms with van der Waals surface area (Å²) in [7, 11) is 1.22. The number of ether oxygens (including phenoxy) is 1. The number of esters is 1. The summed E-state index contributed by atoms with van der Waals surface area (Å²) in [6.07, 6.45) is 0. The molecule has 0 radical (unpaired) electrons. The molecule has 3 rings (SSSR count). The number of aliphatic hydroxyl groups is 1. The second-order valence-electron chi connectivity index (χ2n) is 5.35. The van der Waals surface area contributed by atoms with Crippen LogP contribution in [-0.2, 0) is 15.1 Å². The fourth-order valence-electron chi connectivity index (χ4n) is 2.85. The van der Waals surface area contributed by atoms with Crippen molar-refractivity contribution in [3.05, 3.63) is 65.7 Å². The number of carbonyl (C=O) groups is 2. The molecule has 1 N–H and O–H groups in total. The molecule has 0 bridgehead atoms. The number of rotatable bonds is 3. The van der Waals surface area contributed by atoms with Crippen LogP contribution in [0.3, 0.4) is 0 Å². The molecule has 0 saturated heterocycles. The minimum absolute atomic E-state index is 0.0198. The Morgan fingerprint density at radius 1 is 1.17 bits per heavy atom. The molecular weight excluding hydrogens is 359 g/mol. The Hall–Kier alpha value is -1.94. The molecule has 0 fully saturated rings. The molecule has 23 heavy (non-hydrogen) atoms. The predicted octanol–water partition coefficient (Wildman–Crippen LogP) is 1.31. The quantitative estimate of drug-likeness (QED) is 0.649. The van der Waals surface area contributed by atoms with Gasteiger partial charge in [0.2, 0.25) is 0 Å². The van der Waals surface area contributed by atoms with Crippen LogP contribution in [0.5, 0.6) is 0 Å². The van der Waals surface area contributed by atoms with Crippen molar-refractivity contribution >= 4 is 31.2 Å². The van der Waals surface area contributed by atoms with Crippen LogP contribution in [0.25, 0.3) is 0 Å². The first kappa shape index (κ1) is 15.9. The van der Waals surface area contributed by atoms with Gasteiger partial charge in [-0.05, 0) is 0 Å². The molecular formula is C18H16O4Se. The second-order valence-corrected chi connectivity index (χ2v) is 7.58. The zero-order valence-electron chi connectivity index (χ0n) is 12.6. The molecule has 0 amide bonds. The van der Waals surface area contributed by atoms with Gasteiger partial charge >= 0.3 is 140 Å². The van der Waals surface area contributed by atoms with E-state index in [-0.39, 0.29) is 20.7 Å². The standard InChI is InChI=1S/C18H16O4Se/c1-22-17(20)18(21,12-7-3-2-4-8-12)14-11-23-15-10-6-5-9-13(15)16(14)19/h2-10,14,21H,11H2,1H3. The first-order valence-corrected chi connectivity index (χ1v) is 9.28. The number of ketones is 1. The molecule has 2 aromatic rings. The van der Waals surface area contributed by atoms with E-state index in [2.05, 4.69) is 0 Å². The monoisotopic (exact) mass is 376 g/mol. The molecule has 0 saturated carbocycles. The van der Waals surface area contributed by atoms with Crippen LogP contribution in [0.15, 0.2) is 54.6 Å². The number of carbonyl (C=O) groups excluding carboxylic acids is 2. The van der Waals surface area contributed by atoms with E-state index in [0.717, 1.165) is 4.46 Å². The molecule has 2 atom stereocenters. The molecule has 4 nitrogen and oxygen atoms in total. The van der Waals surface area contributed by atoms with Gasteiger partial charge in [0.15, 0.2) is 0 Å². The Balaban J connectivity index is 2.09. The summed E-state index contributed by atoms with van der Waals surface area (Å²) in [6, 6.07) is 16.0. The molecule has 0 spiro atoms. The van der Waals surface area contributed by atoms with Crippen molar-refractivity contribution in [2.24, 2.45) is 5.92 Å². The number of fused-ring (bicyclic) bond motifs is 1. The molecule has 1 heterocycles. The third-order valence-electron chi connectivity index (χ3n) is 4.09. The van der Waals surface area contributed by atoms with E-state index in [1.54, 1.807) is 42.5 Å². The van der Waals surface area contributed by atoms with Gasteiger partial charge in [0.25, 0.3) is 0 Å². The van der Waals surface area contributed by atoms with Gasteiger partial charge < -0.3 is 0 Å². The maximum absolute atomic E-state index is 12.9. The molecule has 118 valence electrons. The van der Waals surface area contributed by atoms with Gasteiger partial charge in [-0.15, -0.1) is 0 Å². The summed E-state index contributed by atoms with van der Waals surface area (Å²) in [5.41, 5.74) is -0.968. The summed E-state index contributed by atoms with van der Waals surface area (Å²) in [5.74, 6) is -1.82. The van der Waals surface area contributed by atoms with Gasteiger partial charge in [-0.1, -0.05) is 0 Å². The number of hydrogen-bond donors (Lipinski definition) is 1. The minimum atomic E-state index is -1.96. The van der Waals surface area contributed by atoms with E-state index in [0.29, 0.717) is 16.4 Å². The molecule has 2 unspecified atom stereocenters. The van der Waals surface area contributed by atoms with E-state index in [9.17, 15) is 14.7 Å². The van der Waals surface area contributed by atoms with Crippen molar-refractivity contribution in [2.75, 3.05) is 7.11 Å². The predicted molar refractivity (Wildman–Crippen MR) is 86.8 cm³/mol. The Bertz CT molecular complexity index is 744. The van der Waals surface area contributed by atoms with Crippen molar-refractivity contribution in [3.8, 4) is 0 Å². The summed E-state index contributed by atoms with van der Waals surface area (Å²) in [4.78, 5) is 25.3. The summed E-state index contributed by atoms with van der Waals surface area (Å²) in [6.45, 7) is 0. The van der Waals surface area contributed by atoms with Crippen LogP contribution >= 0.6 is 0 Å². The molecule has 5 heteroatoms. The van der Waals surface area contributed by atoms with Crippen molar-refractivity contribution in [2.45, 2.75) is 10.9 Å². The van der Waals surface area contributed by atoms with Crippen LogP contribution in [0.2, 0.25) is 5.32 Å². The number of methoxy groups -OCH3 is 1. The SMILES string of the molecule is COC(=O)C(O)(c1ccccc1)C1C[Se]c2ccccc2C1=O. The van der Waals surface area contributed by atoms with Crippen LogP contribution in [0.4, 0.5) is 0 Å². The number of benzene rings is 2. The summed E-state index contributed by atoms with van der Waals surface area (Å²) < 4.78 is 5.84. The normalized spacial score (nSPS) is 19.6. The molecule has 2 aromatic carbocycles. The second kappa shape index (κ2) is 6.28. The van der Waals surface area contributed by atoms with Gasteiger partial charge in [0.1, 0.15) is 0 Å². The van der Waals surface area contributed by atoms with Crippen LogP contribution in [0, 0.1) is 5.92 Å². The summed E-state index contributed by atoms with van der Waals surface area (Å²) >= 11 is 0.0198. The van der Waals surface area contributed by atoms with Crippen LogP contribution in [0.1, 0.15) is 15.9 Å². The molecule has 1 aliphatic heterocycles. The Kier molecular flexibility index (Phi) is 4.35. The van der Waals surface area contributed by atoms with Gasteiger partial charge in [-0.3, -0.25) is 0 Å². The third kappa shape index (κ3) is 2.61. The number of Topliss-reactive ketones (excluding diaryl/α,β-unsaturated/α-hetero) is 1. The van der Waals surface area contributed by atoms with Gasteiger partial charge in [0.05, 0.1) is 0 Å². The fourth-order valence-corrected chi connectivity index (χ4v) is 5.45. The number of hydrogen-bond acceptors (Lipinski definition) is 4. The van der Waals surface area contributed by atoms with E-state index in [4.69, 9.17) is 4.74 Å². The zero-order valence-corrected chi connectivity index (χ0v) is 14.3. The average Bonchev–Trinajstić information content (AvgIpc) is 2.61. The average molecular weight is 375 g/mol. The van der Waals surface area contributed by atoms with E-state index < -0.39 is 17.5 Å². The van der Waals surface area contributed by atoms with Gasteiger partial charge in [0, 0.05) is 0 Å². The first-order valence-electron chi connectivity index (χ1n) is 7.21. The molecule has 0 aliphatic carbocycles. The first-order chi connectivity index (χ1) is 11.1. The van der Waals surface area contributed by atoms with Crippen LogP contribution in [-0.4, -0.2) is 38.9 Å². The van der Waals surface area contributed by atoms with Gasteiger partial charge in [-0.2, -0.15) is 0 Å². The maximum atomic E-state index is 12.9. The fraction of sp³-hybridized carbons (Fsp3) is 0.222. The van der Waals surface area contributed by atoms with E-state index >= 15 is 0 Å². The Morgan fingerprint density at radius 3 is 2.52 bits per heavy atom. The molecule has 1 aliphatic rings. The zero-order chi connectivity index (χ0) is 16.4. The van der Waals surface area contributed by atoms with E-state index in [1.807, 2.05) is 12.1 Å². The van der Waals surface area contributed by atoms with Crippen molar-refractivity contribution < 1.29 is 19.4 Å². The van der Waals surface area contributed by atoms with Crippen molar-refractivity contribution in [1.82, 2.24) is 0 Å². The van der Waals surface area contributed by atoms with Gasteiger partial charge in [-0.25, -0.2) is 0 Å². The Morgan fingerprint density at radius 2 is 1.83 bits per heavy atom.